The minimum absolute atomic E-state index is 0.0303. The Bertz CT molecular complexity index is 566. The molecule has 0 fully saturated rings. The van der Waals surface area contributed by atoms with Gasteiger partial charge in [0.15, 0.2) is 0 Å². The largest absolute Gasteiger partial charge is 0.271 e. The maximum Gasteiger partial charge on any atom is 0.123 e. The Morgan fingerprint density at radius 1 is 1.25 bits per heavy atom. The van der Waals surface area contributed by atoms with Crippen molar-refractivity contribution >= 4 is 22.9 Å². The summed E-state index contributed by atoms with van der Waals surface area (Å²) in [5.41, 5.74) is 3.71. The minimum Gasteiger partial charge on any atom is -0.271 e. The van der Waals surface area contributed by atoms with Gasteiger partial charge in [-0.15, -0.1) is 11.3 Å². The summed E-state index contributed by atoms with van der Waals surface area (Å²) < 4.78 is 13.8. The molecule has 0 radical (unpaired) electrons. The Morgan fingerprint density at radius 3 is 2.40 bits per heavy atom. The first-order valence-corrected chi connectivity index (χ1v) is 7.59. The van der Waals surface area contributed by atoms with E-state index in [0.717, 1.165) is 16.3 Å². The molecule has 2 aromatic rings. The van der Waals surface area contributed by atoms with E-state index in [4.69, 9.17) is 17.4 Å². The molecule has 0 bridgehead atoms. The van der Waals surface area contributed by atoms with Crippen LogP contribution in [0.1, 0.15) is 24.3 Å². The second kappa shape index (κ2) is 6.22. The van der Waals surface area contributed by atoms with E-state index in [1.807, 2.05) is 12.1 Å². The van der Waals surface area contributed by atoms with Gasteiger partial charge in [0.1, 0.15) is 5.82 Å². The van der Waals surface area contributed by atoms with Gasteiger partial charge < -0.3 is 0 Å². The summed E-state index contributed by atoms with van der Waals surface area (Å²) in [6.45, 7) is 4.19. The van der Waals surface area contributed by atoms with Gasteiger partial charge in [0.2, 0.25) is 0 Å². The zero-order chi connectivity index (χ0) is 14.8. The molecule has 1 aromatic carbocycles. The van der Waals surface area contributed by atoms with Gasteiger partial charge in [0.05, 0.1) is 4.34 Å². The lowest BCUT2D eigenvalue weighted by Gasteiger charge is -2.34. The van der Waals surface area contributed by atoms with Crippen molar-refractivity contribution in [1.82, 2.24) is 5.43 Å². The van der Waals surface area contributed by atoms with Crippen molar-refractivity contribution in [3.8, 4) is 0 Å². The van der Waals surface area contributed by atoms with Gasteiger partial charge in [-0.25, -0.2) is 4.39 Å². The molecule has 20 heavy (non-hydrogen) atoms. The van der Waals surface area contributed by atoms with Crippen LogP contribution in [0.15, 0.2) is 36.4 Å². The van der Waals surface area contributed by atoms with E-state index >= 15 is 0 Å². The van der Waals surface area contributed by atoms with E-state index in [2.05, 4.69) is 19.3 Å². The molecule has 0 aliphatic heterocycles. The predicted molar refractivity (Wildman–Crippen MR) is 83.6 cm³/mol. The monoisotopic (exact) mass is 312 g/mol. The summed E-state index contributed by atoms with van der Waals surface area (Å²) in [5, 5.41) is 0. The van der Waals surface area contributed by atoms with E-state index < -0.39 is 0 Å². The Balaban J connectivity index is 2.22. The van der Waals surface area contributed by atoms with Crippen LogP contribution in [0.2, 0.25) is 4.34 Å². The second-order valence-corrected chi connectivity index (χ2v) is 7.16. The molecule has 1 unspecified atom stereocenters. The number of benzene rings is 1. The smallest absolute Gasteiger partial charge is 0.123 e. The van der Waals surface area contributed by atoms with Gasteiger partial charge in [-0.3, -0.25) is 11.3 Å². The third-order valence-corrected chi connectivity index (χ3v) is 4.95. The number of hydrogen-bond acceptors (Lipinski definition) is 3. The highest BCUT2D eigenvalue weighted by atomic mass is 35.5. The zero-order valence-corrected chi connectivity index (χ0v) is 13.1. The maximum atomic E-state index is 13.1. The fourth-order valence-corrected chi connectivity index (χ4v) is 3.40. The highest BCUT2D eigenvalue weighted by Gasteiger charge is 2.31. The lowest BCUT2D eigenvalue weighted by Crippen LogP contribution is -2.49. The molecular formula is C15H18ClFN2S. The third-order valence-electron chi connectivity index (χ3n) is 3.69. The van der Waals surface area contributed by atoms with Crippen molar-refractivity contribution < 1.29 is 4.39 Å². The molecule has 0 spiro atoms. The molecule has 0 saturated heterocycles. The molecule has 1 aromatic heterocycles. The van der Waals surface area contributed by atoms with E-state index in [1.165, 1.54) is 17.0 Å². The van der Waals surface area contributed by atoms with Crippen LogP contribution in [-0.4, -0.2) is 6.04 Å². The Morgan fingerprint density at radius 2 is 1.90 bits per heavy atom. The van der Waals surface area contributed by atoms with E-state index in [0.29, 0.717) is 0 Å². The molecular weight excluding hydrogens is 295 g/mol. The molecule has 5 heteroatoms. The van der Waals surface area contributed by atoms with Crippen LogP contribution in [0.25, 0.3) is 0 Å². The van der Waals surface area contributed by atoms with Gasteiger partial charge >= 0.3 is 0 Å². The number of rotatable bonds is 5. The molecule has 0 aliphatic rings. The molecule has 2 nitrogen and oxygen atoms in total. The van der Waals surface area contributed by atoms with Crippen molar-refractivity contribution in [2.45, 2.75) is 31.7 Å². The van der Waals surface area contributed by atoms with Crippen LogP contribution < -0.4 is 11.3 Å². The summed E-state index contributed by atoms with van der Waals surface area (Å²) in [6.07, 6.45) is 0.776. The highest BCUT2D eigenvalue weighted by molar-refractivity contribution is 7.16. The number of hydrogen-bond donors (Lipinski definition) is 2. The average Bonchev–Trinajstić information content (AvgIpc) is 2.82. The number of hydrazine groups is 1. The van der Waals surface area contributed by atoms with Crippen molar-refractivity contribution in [1.29, 1.82) is 0 Å². The van der Waals surface area contributed by atoms with Crippen molar-refractivity contribution in [2.75, 3.05) is 0 Å². The number of nitrogens with two attached hydrogens (primary N) is 1. The average molecular weight is 313 g/mol. The van der Waals surface area contributed by atoms with Crippen LogP contribution in [0.4, 0.5) is 4.39 Å². The first kappa shape index (κ1) is 15.4. The summed E-state index contributed by atoms with van der Waals surface area (Å²) >= 11 is 7.52. The summed E-state index contributed by atoms with van der Waals surface area (Å²) in [6, 6.07) is 10.5. The minimum atomic E-state index is -0.230. The molecule has 0 aliphatic carbocycles. The predicted octanol–water partition coefficient (Wildman–Crippen LogP) is 3.89. The molecule has 1 heterocycles. The summed E-state index contributed by atoms with van der Waals surface area (Å²) in [5.74, 6) is 5.50. The second-order valence-electron chi connectivity index (χ2n) is 5.36. The quantitative estimate of drug-likeness (QED) is 0.649. The normalized spacial score (nSPS) is 13.4. The number of thiophene rings is 1. The van der Waals surface area contributed by atoms with Gasteiger partial charge in [0, 0.05) is 16.3 Å². The standard InChI is InChI=1S/C15H18ClFN2S/c1-15(2,10-3-5-11(17)6-4-10)13(19-18)9-12-7-8-14(16)20-12/h3-8,13,19H,9,18H2,1-2H3. The highest BCUT2D eigenvalue weighted by Crippen LogP contribution is 2.31. The van der Waals surface area contributed by atoms with Crippen molar-refractivity contribution in [3.05, 3.63) is 57.0 Å². The number of halogens is 2. The molecule has 1 atom stereocenters. The van der Waals surface area contributed by atoms with Crippen LogP contribution in [0.3, 0.4) is 0 Å². The molecule has 0 amide bonds. The first-order valence-electron chi connectivity index (χ1n) is 6.40. The molecule has 2 rings (SSSR count). The Hall–Kier alpha value is -0.940. The Kier molecular flexibility index (Phi) is 4.81. The van der Waals surface area contributed by atoms with Gasteiger partial charge in [-0.05, 0) is 36.2 Å². The third kappa shape index (κ3) is 3.38. The topological polar surface area (TPSA) is 38.0 Å². The van der Waals surface area contributed by atoms with Crippen LogP contribution >= 0.6 is 22.9 Å². The van der Waals surface area contributed by atoms with Crippen LogP contribution in [-0.2, 0) is 11.8 Å². The number of nitrogens with one attached hydrogen (secondary N) is 1. The Labute approximate surface area is 127 Å². The lowest BCUT2D eigenvalue weighted by molar-refractivity contribution is 0.343. The van der Waals surface area contributed by atoms with Gasteiger partial charge in [-0.2, -0.15) is 0 Å². The van der Waals surface area contributed by atoms with Crippen molar-refractivity contribution in [2.24, 2.45) is 5.84 Å². The molecule has 108 valence electrons. The van der Waals surface area contributed by atoms with E-state index in [1.54, 1.807) is 23.5 Å². The fraction of sp³-hybridized carbons (Fsp3) is 0.333. The first-order chi connectivity index (χ1) is 9.43. The van der Waals surface area contributed by atoms with Crippen molar-refractivity contribution in [3.63, 3.8) is 0 Å². The molecule has 0 saturated carbocycles. The zero-order valence-electron chi connectivity index (χ0n) is 11.5. The van der Waals surface area contributed by atoms with Crippen LogP contribution in [0, 0.1) is 5.82 Å². The molecule has 3 N–H and O–H groups in total. The van der Waals surface area contributed by atoms with E-state index in [9.17, 15) is 4.39 Å². The van der Waals surface area contributed by atoms with Crippen LogP contribution in [0.5, 0.6) is 0 Å². The van der Waals surface area contributed by atoms with E-state index in [-0.39, 0.29) is 17.3 Å². The van der Waals surface area contributed by atoms with Gasteiger partial charge in [0.25, 0.3) is 0 Å². The maximum absolute atomic E-state index is 13.1. The summed E-state index contributed by atoms with van der Waals surface area (Å²) in [4.78, 5) is 1.17. The lowest BCUT2D eigenvalue weighted by atomic mass is 9.76. The SMILES string of the molecule is CC(C)(c1ccc(F)cc1)C(Cc1ccc(Cl)s1)NN. The fourth-order valence-electron chi connectivity index (χ4n) is 2.27. The van der Waals surface area contributed by atoms with Gasteiger partial charge in [-0.1, -0.05) is 37.6 Å². The summed E-state index contributed by atoms with van der Waals surface area (Å²) in [7, 11) is 0.